The second kappa shape index (κ2) is 7.18. The van der Waals surface area contributed by atoms with E-state index in [4.69, 9.17) is 0 Å². The zero-order valence-corrected chi connectivity index (χ0v) is 15.4. The molecule has 3 aromatic carbocycles. The minimum absolute atomic E-state index is 0.598. The van der Waals surface area contributed by atoms with Gasteiger partial charge in [-0.1, -0.05) is 65.7 Å². The molecule has 0 saturated carbocycles. The summed E-state index contributed by atoms with van der Waals surface area (Å²) in [6, 6.07) is 20.2. The first-order valence-electron chi connectivity index (χ1n) is 8.14. The van der Waals surface area contributed by atoms with E-state index in [1.165, 1.54) is 5.56 Å². The molecule has 3 nitrogen and oxygen atoms in total. The van der Waals surface area contributed by atoms with Crippen LogP contribution in [-0.2, 0) is 4.57 Å². The van der Waals surface area contributed by atoms with Gasteiger partial charge < -0.3 is 4.89 Å². The maximum absolute atomic E-state index is 11.3. The molecule has 126 valence electrons. The van der Waals surface area contributed by atoms with Crippen LogP contribution in [0, 0.1) is 20.8 Å². The van der Waals surface area contributed by atoms with E-state index in [-0.39, 0.29) is 0 Å². The minimum atomic E-state index is -2.74. The van der Waals surface area contributed by atoms with Crippen molar-refractivity contribution in [2.24, 2.45) is 0 Å². The second-order valence-corrected chi connectivity index (χ2v) is 7.02. The summed E-state index contributed by atoms with van der Waals surface area (Å²) < 4.78 is 11.3. The van der Waals surface area contributed by atoms with Crippen molar-refractivity contribution in [1.29, 1.82) is 0 Å². The topological polar surface area (TPSA) is 52.2 Å². The molecule has 0 spiro atoms. The number of benzene rings is 3. The molecule has 0 aliphatic rings. The van der Waals surface area contributed by atoms with E-state index < -0.39 is 8.18 Å². The van der Waals surface area contributed by atoms with Gasteiger partial charge in [-0.25, -0.2) is 0 Å². The van der Waals surface area contributed by atoms with E-state index in [0.717, 1.165) is 33.4 Å². The van der Waals surface area contributed by atoms with Crippen LogP contribution in [0.2, 0.25) is 0 Å². The highest BCUT2D eigenvalue weighted by Gasteiger charge is 2.17. The SMILES string of the molecule is Cc1ccc(-c2c(C)ccc(N[P+](=O)[O-])c2-c2ccc(C)cc2)cc1. The third-order valence-corrected chi connectivity index (χ3v) is 4.73. The Hall–Kier alpha value is -2.48. The highest BCUT2D eigenvalue weighted by Crippen LogP contribution is 2.41. The molecule has 0 heterocycles. The van der Waals surface area contributed by atoms with Gasteiger partial charge in [0, 0.05) is 5.56 Å². The lowest BCUT2D eigenvalue weighted by Crippen LogP contribution is -2.01. The molecule has 1 unspecified atom stereocenters. The first-order valence-corrected chi connectivity index (χ1v) is 9.32. The van der Waals surface area contributed by atoms with Crippen LogP contribution >= 0.6 is 8.18 Å². The summed E-state index contributed by atoms with van der Waals surface area (Å²) >= 11 is 0. The molecule has 0 aliphatic heterocycles. The molecule has 3 aromatic rings. The van der Waals surface area contributed by atoms with Gasteiger partial charge in [-0.2, -0.15) is 5.09 Å². The van der Waals surface area contributed by atoms with Gasteiger partial charge >= 0.3 is 8.18 Å². The molecule has 0 fully saturated rings. The Morgan fingerprint density at radius 1 is 0.720 bits per heavy atom. The molecule has 0 aliphatic carbocycles. The van der Waals surface area contributed by atoms with Crippen LogP contribution in [0.4, 0.5) is 5.69 Å². The fourth-order valence-corrected chi connectivity index (χ4v) is 3.39. The molecule has 0 saturated heterocycles. The summed E-state index contributed by atoms with van der Waals surface area (Å²) in [6.07, 6.45) is 0. The summed E-state index contributed by atoms with van der Waals surface area (Å²) in [5, 5.41) is 2.59. The van der Waals surface area contributed by atoms with Crippen LogP contribution < -0.4 is 9.98 Å². The largest absolute Gasteiger partial charge is 0.573 e. The molecule has 1 N–H and O–H groups in total. The quantitative estimate of drug-likeness (QED) is 0.644. The third kappa shape index (κ3) is 3.79. The average molecular weight is 349 g/mol. The van der Waals surface area contributed by atoms with Crippen LogP contribution in [-0.4, -0.2) is 0 Å². The van der Waals surface area contributed by atoms with Crippen molar-refractivity contribution in [3.8, 4) is 22.3 Å². The maximum Gasteiger partial charge on any atom is 0.437 e. The number of aryl methyl sites for hydroxylation is 3. The fraction of sp³-hybridized carbons (Fsp3) is 0.143. The molecule has 0 bridgehead atoms. The molecule has 0 aromatic heterocycles. The van der Waals surface area contributed by atoms with Gasteiger partial charge in [0.15, 0.2) is 0 Å². The fourth-order valence-electron chi connectivity index (χ4n) is 3.01. The number of hydrogen-bond donors (Lipinski definition) is 1. The first kappa shape index (κ1) is 17.3. The molecular formula is C21H20NO2P. The Morgan fingerprint density at radius 2 is 1.20 bits per heavy atom. The number of hydrogen-bond acceptors (Lipinski definition) is 2. The van der Waals surface area contributed by atoms with Gasteiger partial charge in [0.05, 0.1) is 5.69 Å². The Kier molecular flexibility index (Phi) is 4.98. The van der Waals surface area contributed by atoms with Crippen molar-refractivity contribution in [3.63, 3.8) is 0 Å². The van der Waals surface area contributed by atoms with Gasteiger partial charge in [0.1, 0.15) is 0 Å². The van der Waals surface area contributed by atoms with Gasteiger partial charge in [0.2, 0.25) is 0 Å². The van der Waals surface area contributed by atoms with E-state index in [9.17, 15) is 9.46 Å². The number of nitrogens with one attached hydrogen (secondary N) is 1. The predicted molar refractivity (Wildman–Crippen MR) is 103 cm³/mol. The highest BCUT2D eigenvalue weighted by atomic mass is 31.1. The van der Waals surface area contributed by atoms with Crippen LogP contribution in [0.3, 0.4) is 0 Å². The van der Waals surface area contributed by atoms with Gasteiger partial charge in [0.25, 0.3) is 0 Å². The molecule has 0 amide bonds. The van der Waals surface area contributed by atoms with Crippen molar-refractivity contribution in [2.75, 3.05) is 5.09 Å². The summed E-state index contributed by atoms with van der Waals surface area (Å²) in [5.74, 6) is 0. The normalized spacial score (nSPS) is 11.3. The smallest absolute Gasteiger partial charge is 0.437 e. The second-order valence-electron chi connectivity index (χ2n) is 6.28. The molecule has 4 heteroatoms. The first-order chi connectivity index (χ1) is 12.0. The standard InChI is InChI=1S/C21H20NO2P/c1-14-4-9-17(10-5-14)20-16(3)8-13-19(22-25(23)24)21(20)18-11-6-15(2)7-12-18/h4-13H,1-3H3,(H,22,23,24). The lowest BCUT2D eigenvalue weighted by atomic mass is 9.89. The predicted octanol–water partition coefficient (Wildman–Crippen LogP) is 5.38. The lowest BCUT2D eigenvalue weighted by Gasteiger charge is -2.17. The lowest BCUT2D eigenvalue weighted by molar-refractivity contribution is -0.162. The van der Waals surface area contributed by atoms with Crippen molar-refractivity contribution in [3.05, 3.63) is 77.4 Å². The summed E-state index contributed by atoms with van der Waals surface area (Å²) in [5.41, 5.74) is 8.07. The zero-order valence-electron chi connectivity index (χ0n) is 14.5. The van der Waals surface area contributed by atoms with E-state index >= 15 is 0 Å². The van der Waals surface area contributed by atoms with Gasteiger partial charge in [-0.3, -0.25) is 0 Å². The van der Waals surface area contributed by atoms with Crippen molar-refractivity contribution in [2.45, 2.75) is 20.8 Å². The van der Waals surface area contributed by atoms with Crippen molar-refractivity contribution in [1.82, 2.24) is 0 Å². The minimum Gasteiger partial charge on any atom is -0.573 e. The van der Waals surface area contributed by atoms with E-state index in [1.54, 1.807) is 0 Å². The Balaban J connectivity index is 2.30. The summed E-state index contributed by atoms with van der Waals surface area (Å²) in [6.45, 7) is 6.14. The molecular weight excluding hydrogens is 329 g/mol. The zero-order chi connectivity index (χ0) is 18.0. The van der Waals surface area contributed by atoms with Crippen LogP contribution in [0.25, 0.3) is 22.3 Å². The number of anilines is 1. The van der Waals surface area contributed by atoms with Gasteiger partial charge in [-0.15, -0.1) is 0 Å². The van der Waals surface area contributed by atoms with Crippen molar-refractivity contribution < 1.29 is 9.46 Å². The Bertz CT molecular complexity index is 916. The summed E-state index contributed by atoms with van der Waals surface area (Å²) in [4.78, 5) is 11.3. The van der Waals surface area contributed by atoms with Crippen LogP contribution in [0.1, 0.15) is 16.7 Å². The van der Waals surface area contributed by atoms with Crippen molar-refractivity contribution >= 4 is 13.9 Å². The average Bonchev–Trinajstić information content (AvgIpc) is 2.58. The van der Waals surface area contributed by atoms with E-state index in [1.807, 2.05) is 50.2 Å². The third-order valence-electron chi connectivity index (χ3n) is 4.31. The highest BCUT2D eigenvalue weighted by molar-refractivity contribution is 7.38. The summed E-state index contributed by atoms with van der Waals surface area (Å²) in [7, 11) is -2.74. The van der Waals surface area contributed by atoms with Gasteiger partial charge in [-0.05, 0) is 53.7 Å². The molecule has 25 heavy (non-hydrogen) atoms. The monoisotopic (exact) mass is 349 g/mol. The molecule has 3 rings (SSSR count). The van der Waals surface area contributed by atoms with Crippen LogP contribution in [0.5, 0.6) is 0 Å². The Morgan fingerprint density at radius 3 is 1.68 bits per heavy atom. The van der Waals surface area contributed by atoms with E-state index in [0.29, 0.717) is 5.69 Å². The maximum atomic E-state index is 11.3. The molecule has 0 radical (unpaired) electrons. The Labute approximate surface area is 149 Å². The molecule has 1 atom stereocenters. The van der Waals surface area contributed by atoms with E-state index in [2.05, 4.69) is 36.3 Å². The van der Waals surface area contributed by atoms with Crippen LogP contribution in [0.15, 0.2) is 60.7 Å². The number of rotatable bonds is 4.